The van der Waals surface area contributed by atoms with Crippen LogP contribution < -0.4 is 10.6 Å². The molecule has 2 N–H and O–H groups in total. The zero-order chi connectivity index (χ0) is 16.9. The van der Waals surface area contributed by atoms with Gasteiger partial charge in [-0.1, -0.05) is 45.9 Å². The van der Waals surface area contributed by atoms with Crippen LogP contribution in [0.5, 0.6) is 0 Å². The van der Waals surface area contributed by atoms with Crippen LogP contribution in [0.25, 0.3) is 0 Å². The molecule has 0 aliphatic heterocycles. The molecule has 122 valence electrons. The third kappa shape index (κ3) is 4.52. The van der Waals surface area contributed by atoms with Crippen molar-refractivity contribution in [3.05, 3.63) is 47.9 Å². The molecule has 1 amide bonds. The highest BCUT2D eigenvalue weighted by atomic mass is 16.1. The maximum absolute atomic E-state index is 12.0. The van der Waals surface area contributed by atoms with Gasteiger partial charge in [-0.05, 0) is 23.5 Å². The van der Waals surface area contributed by atoms with Crippen molar-refractivity contribution in [1.82, 2.24) is 15.3 Å². The second kappa shape index (κ2) is 7.22. The molecule has 2 rings (SSSR count). The van der Waals surface area contributed by atoms with Crippen LogP contribution in [0.4, 0.5) is 11.5 Å². The smallest absolute Gasteiger partial charge is 0.270 e. The first-order chi connectivity index (χ1) is 10.9. The third-order valence-corrected chi connectivity index (χ3v) is 3.43. The topological polar surface area (TPSA) is 66.9 Å². The average Bonchev–Trinajstić information content (AvgIpc) is 2.52. The number of carbonyl (C=O) groups excluding carboxylic acids is 1. The van der Waals surface area contributed by atoms with Crippen molar-refractivity contribution < 1.29 is 4.79 Å². The molecule has 5 heteroatoms. The summed E-state index contributed by atoms with van der Waals surface area (Å²) in [4.78, 5) is 20.3. The summed E-state index contributed by atoms with van der Waals surface area (Å²) < 4.78 is 0. The van der Waals surface area contributed by atoms with E-state index in [9.17, 15) is 4.79 Å². The summed E-state index contributed by atoms with van der Waals surface area (Å²) in [6.07, 6.45) is 2.30. The monoisotopic (exact) mass is 312 g/mol. The highest BCUT2D eigenvalue weighted by Gasteiger charge is 2.18. The van der Waals surface area contributed by atoms with Gasteiger partial charge in [-0.15, -0.1) is 0 Å². The van der Waals surface area contributed by atoms with Gasteiger partial charge in [0, 0.05) is 18.3 Å². The molecule has 2 aromatic rings. The summed E-state index contributed by atoms with van der Waals surface area (Å²) in [6, 6.07) is 9.78. The summed E-state index contributed by atoms with van der Waals surface area (Å²) in [7, 11) is 0. The molecule has 0 aliphatic rings. The molecule has 0 fully saturated rings. The molecular weight excluding hydrogens is 288 g/mol. The van der Waals surface area contributed by atoms with Crippen molar-refractivity contribution in [2.45, 2.75) is 39.5 Å². The maximum Gasteiger partial charge on any atom is 0.270 e. The van der Waals surface area contributed by atoms with Crippen molar-refractivity contribution in [3.8, 4) is 0 Å². The molecule has 0 saturated carbocycles. The molecule has 23 heavy (non-hydrogen) atoms. The number of hydrogen-bond donors (Lipinski definition) is 2. The number of anilines is 2. The van der Waals surface area contributed by atoms with E-state index in [0.717, 1.165) is 12.1 Å². The Morgan fingerprint density at radius 1 is 1.17 bits per heavy atom. The molecule has 1 aromatic carbocycles. The lowest BCUT2D eigenvalue weighted by molar-refractivity contribution is 0.0948. The first-order valence-electron chi connectivity index (χ1n) is 7.88. The van der Waals surface area contributed by atoms with Gasteiger partial charge in [0.05, 0.1) is 0 Å². The lowest BCUT2D eigenvalue weighted by Gasteiger charge is -2.23. The minimum atomic E-state index is -0.179. The lowest BCUT2D eigenvalue weighted by atomic mass is 9.86. The first-order valence-corrected chi connectivity index (χ1v) is 7.88. The van der Waals surface area contributed by atoms with E-state index in [2.05, 4.69) is 47.4 Å². The molecule has 1 aromatic heterocycles. The van der Waals surface area contributed by atoms with Gasteiger partial charge in [-0.3, -0.25) is 4.79 Å². The molecular formula is C18H24N4O. The van der Waals surface area contributed by atoms with E-state index in [1.807, 2.05) is 25.1 Å². The van der Waals surface area contributed by atoms with E-state index < -0.39 is 0 Å². The number of carbonyl (C=O) groups is 1. The van der Waals surface area contributed by atoms with Gasteiger partial charge in [-0.2, -0.15) is 0 Å². The maximum atomic E-state index is 12.0. The van der Waals surface area contributed by atoms with Crippen LogP contribution in [0, 0.1) is 0 Å². The fraction of sp³-hybridized carbons (Fsp3) is 0.389. The normalized spacial score (nSPS) is 11.1. The fourth-order valence-corrected chi connectivity index (χ4v) is 2.26. The van der Waals surface area contributed by atoms with Crippen molar-refractivity contribution in [2.75, 3.05) is 11.9 Å². The van der Waals surface area contributed by atoms with E-state index in [0.29, 0.717) is 18.1 Å². The summed E-state index contributed by atoms with van der Waals surface area (Å²) in [5, 5.41) is 6.12. The van der Waals surface area contributed by atoms with Crippen LogP contribution in [-0.4, -0.2) is 22.4 Å². The molecule has 0 saturated heterocycles. The van der Waals surface area contributed by atoms with Crippen LogP contribution in [0.3, 0.4) is 0 Å². The molecule has 5 nitrogen and oxygen atoms in total. The van der Waals surface area contributed by atoms with E-state index >= 15 is 0 Å². The van der Waals surface area contributed by atoms with Crippen molar-refractivity contribution >= 4 is 17.4 Å². The number of nitrogens with zero attached hydrogens (tertiary/aromatic N) is 2. The Balaban J connectivity index is 2.23. The van der Waals surface area contributed by atoms with Gasteiger partial charge in [0.15, 0.2) is 0 Å². The SMILES string of the molecule is CCCNC(=O)c1cc(Nc2ccccc2C(C)(C)C)ncn1. The summed E-state index contributed by atoms with van der Waals surface area (Å²) in [5.74, 6) is 0.430. The zero-order valence-electron chi connectivity index (χ0n) is 14.2. The molecule has 0 aliphatic carbocycles. The predicted octanol–water partition coefficient (Wildman–Crippen LogP) is 3.66. The second-order valence-corrected chi connectivity index (χ2v) is 6.46. The summed E-state index contributed by atoms with van der Waals surface area (Å²) in [5.41, 5.74) is 2.55. The third-order valence-electron chi connectivity index (χ3n) is 3.43. The fourth-order valence-electron chi connectivity index (χ4n) is 2.26. The van der Waals surface area contributed by atoms with Crippen LogP contribution in [0.1, 0.15) is 50.2 Å². The molecule has 0 bridgehead atoms. The predicted molar refractivity (Wildman–Crippen MR) is 93.1 cm³/mol. The molecule has 0 atom stereocenters. The van der Waals surface area contributed by atoms with E-state index in [1.165, 1.54) is 11.9 Å². The highest BCUT2D eigenvalue weighted by molar-refractivity contribution is 5.92. The number of nitrogens with one attached hydrogen (secondary N) is 2. The average molecular weight is 312 g/mol. The number of amides is 1. The van der Waals surface area contributed by atoms with Crippen LogP contribution >= 0.6 is 0 Å². The van der Waals surface area contributed by atoms with Crippen LogP contribution in [0.2, 0.25) is 0 Å². The van der Waals surface area contributed by atoms with Crippen molar-refractivity contribution in [2.24, 2.45) is 0 Å². The van der Waals surface area contributed by atoms with E-state index in [4.69, 9.17) is 0 Å². The van der Waals surface area contributed by atoms with Gasteiger partial charge < -0.3 is 10.6 Å². The molecule has 0 unspecified atom stereocenters. The Morgan fingerprint density at radius 2 is 1.91 bits per heavy atom. The molecule has 0 spiro atoms. The number of hydrogen-bond acceptors (Lipinski definition) is 4. The number of aromatic nitrogens is 2. The number of para-hydroxylation sites is 1. The second-order valence-electron chi connectivity index (χ2n) is 6.46. The highest BCUT2D eigenvalue weighted by Crippen LogP contribution is 2.30. The minimum absolute atomic E-state index is 0.0119. The Labute approximate surface area is 137 Å². The van der Waals surface area contributed by atoms with Crippen LogP contribution in [-0.2, 0) is 5.41 Å². The van der Waals surface area contributed by atoms with E-state index in [1.54, 1.807) is 6.07 Å². The Morgan fingerprint density at radius 3 is 2.61 bits per heavy atom. The summed E-state index contributed by atoms with van der Waals surface area (Å²) in [6.45, 7) is 9.14. The van der Waals surface area contributed by atoms with Gasteiger partial charge >= 0.3 is 0 Å². The summed E-state index contributed by atoms with van der Waals surface area (Å²) >= 11 is 0. The Kier molecular flexibility index (Phi) is 5.32. The number of rotatable bonds is 5. The van der Waals surface area contributed by atoms with Crippen molar-refractivity contribution in [3.63, 3.8) is 0 Å². The Bertz CT molecular complexity index is 677. The quantitative estimate of drug-likeness (QED) is 0.884. The van der Waals surface area contributed by atoms with E-state index in [-0.39, 0.29) is 11.3 Å². The molecule has 0 radical (unpaired) electrons. The first kappa shape index (κ1) is 16.9. The van der Waals surface area contributed by atoms with Gasteiger partial charge in [0.1, 0.15) is 17.8 Å². The largest absolute Gasteiger partial charge is 0.351 e. The van der Waals surface area contributed by atoms with Gasteiger partial charge in [0.2, 0.25) is 0 Å². The standard InChI is InChI=1S/C18H24N4O/c1-5-10-19-17(23)15-11-16(21-12-20-15)22-14-9-7-6-8-13(14)18(2,3)4/h6-9,11-12H,5,10H2,1-4H3,(H,19,23)(H,20,21,22). The van der Waals surface area contributed by atoms with Gasteiger partial charge in [0.25, 0.3) is 5.91 Å². The van der Waals surface area contributed by atoms with Gasteiger partial charge in [-0.25, -0.2) is 9.97 Å². The Hall–Kier alpha value is -2.43. The number of benzene rings is 1. The van der Waals surface area contributed by atoms with Crippen molar-refractivity contribution in [1.29, 1.82) is 0 Å². The lowest BCUT2D eigenvalue weighted by Crippen LogP contribution is -2.25. The van der Waals surface area contributed by atoms with Crippen LogP contribution in [0.15, 0.2) is 36.7 Å². The molecule has 1 heterocycles. The minimum Gasteiger partial charge on any atom is -0.351 e. The zero-order valence-corrected chi connectivity index (χ0v) is 14.2.